The quantitative estimate of drug-likeness (QED) is 0.692. The second kappa shape index (κ2) is 9.33. The van der Waals surface area contributed by atoms with Gasteiger partial charge < -0.3 is 15.0 Å². The highest BCUT2D eigenvalue weighted by molar-refractivity contribution is 9.10. The first kappa shape index (κ1) is 18.3. The average Bonchev–Trinajstić information content (AvgIpc) is 2.59. The van der Waals surface area contributed by atoms with E-state index in [-0.39, 0.29) is 5.91 Å². The van der Waals surface area contributed by atoms with Crippen LogP contribution in [0.5, 0.6) is 5.75 Å². The van der Waals surface area contributed by atoms with E-state index in [4.69, 9.17) is 4.74 Å². The minimum atomic E-state index is 0.0473. The van der Waals surface area contributed by atoms with E-state index in [1.807, 2.05) is 67.5 Å². The molecule has 0 saturated carbocycles. The second-order valence-electron chi connectivity index (χ2n) is 5.74. The van der Waals surface area contributed by atoms with Crippen LogP contribution in [-0.2, 0) is 11.3 Å². The number of benzene rings is 2. The minimum Gasteiger partial charge on any atom is -0.494 e. The molecule has 1 N–H and O–H groups in total. The molecule has 5 heteroatoms. The number of halogens is 1. The molecule has 1 amide bonds. The summed E-state index contributed by atoms with van der Waals surface area (Å²) in [7, 11) is 4.01. The lowest BCUT2D eigenvalue weighted by Gasteiger charge is -2.13. The normalized spacial score (nSPS) is 10.3. The zero-order chi connectivity index (χ0) is 17.4. The SMILES string of the molecule is CN(C)c1ccc(CNC(=O)CCCOc2ccc(Br)cc2)cc1. The molecule has 0 aliphatic carbocycles. The van der Waals surface area contributed by atoms with Gasteiger partial charge in [0.05, 0.1) is 6.61 Å². The van der Waals surface area contributed by atoms with Gasteiger partial charge in [-0.15, -0.1) is 0 Å². The van der Waals surface area contributed by atoms with Crippen LogP contribution in [0.25, 0.3) is 0 Å². The number of nitrogens with zero attached hydrogens (tertiary/aromatic N) is 1. The molecule has 0 atom stereocenters. The highest BCUT2D eigenvalue weighted by atomic mass is 79.9. The van der Waals surface area contributed by atoms with Crippen molar-refractivity contribution in [3.63, 3.8) is 0 Å². The van der Waals surface area contributed by atoms with Crippen LogP contribution >= 0.6 is 15.9 Å². The van der Waals surface area contributed by atoms with Gasteiger partial charge in [0.2, 0.25) is 5.91 Å². The summed E-state index contributed by atoms with van der Waals surface area (Å²) in [5, 5.41) is 2.94. The summed E-state index contributed by atoms with van der Waals surface area (Å²) in [6.45, 7) is 1.09. The highest BCUT2D eigenvalue weighted by Crippen LogP contribution is 2.16. The zero-order valence-corrected chi connectivity index (χ0v) is 15.7. The van der Waals surface area contributed by atoms with Crippen molar-refractivity contribution in [2.24, 2.45) is 0 Å². The van der Waals surface area contributed by atoms with Gasteiger partial charge in [0.1, 0.15) is 5.75 Å². The molecule has 0 unspecified atom stereocenters. The van der Waals surface area contributed by atoms with Crippen LogP contribution < -0.4 is 15.0 Å². The first-order valence-corrected chi connectivity index (χ1v) is 8.75. The summed E-state index contributed by atoms with van der Waals surface area (Å²) in [4.78, 5) is 13.9. The molecular formula is C19H23BrN2O2. The summed E-state index contributed by atoms with van der Waals surface area (Å²) in [6.07, 6.45) is 1.16. The zero-order valence-electron chi connectivity index (χ0n) is 14.1. The number of hydrogen-bond acceptors (Lipinski definition) is 3. The first-order valence-electron chi connectivity index (χ1n) is 7.96. The van der Waals surface area contributed by atoms with Gasteiger partial charge in [0.25, 0.3) is 0 Å². The van der Waals surface area contributed by atoms with E-state index in [0.29, 0.717) is 26.0 Å². The molecule has 0 aliphatic heterocycles. The van der Waals surface area contributed by atoms with Crippen molar-refractivity contribution in [1.29, 1.82) is 0 Å². The third-order valence-corrected chi connectivity index (χ3v) is 4.10. The first-order chi connectivity index (χ1) is 11.5. The van der Waals surface area contributed by atoms with Gasteiger partial charge in [0, 0.05) is 37.2 Å². The van der Waals surface area contributed by atoms with Crippen molar-refractivity contribution >= 4 is 27.5 Å². The number of amides is 1. The van der Waals surface area contributed by atoms with Crippen molar-refractivity contribution in [3.05, 3.63) is 58.6 Å². The summed E-state index contributed by atoms with van der Waals surface area (Å²) >= 11 is 3.38. The fraction of sp³-hybridized carbons (Fsp3) is 0.316. The van der Waals surface area contributed by atoms with Crippen molar-refractivity contribution < 1.29 is 9.53 Å². The van der Waals surface area contributed by atoms with Gasteiger partial charge in [0.15, 0.2) is 0 Å². The molecule has 0 heterocycles. The molecule has 2 aromatic carbocycles. The Morgan fingerprint density at radius 1 is 1.08 bits per heavy atom. The third kappa shape index (κ3) is 6.24. The number of ether oxygens (including phenoxy) is 1. The average molecular weight is 391 g/mol. The van der Waals surface area contributed by atoms with Crippen molar-refractivity contribution in [1.82, 2.24) is 5.32 Å². The molecule has 0 spiro atoms. The maximum absolute atomic E-state index is 11.9. The smallest absolute Gasteiger partial charge is 0.220 e. The third-order valence-electron chi connectivity index (χ3n) is 3.57. The number of carbonyl (C=O) groups excluding carboxylic acids is 1. The molecule has 2 rings (SSSR count). The summed E-state index contributed by atoms with van der Waals surface area (Å²) in [5.74, 6) is 0.866. The lowest BCUT2D eigenvalue weighted by atomic mass is 10.2. The van der Waals surface area contributed by atoms with E-state index >= 15 is 0 Å². The number of hydrogen-bond donors (Lipinski definition) is 1. The summed E-state index contributed by atoms with van der Waals surface area (Å²) in [5.41, 5.74) is 2.25. The lowest BCUT2D eigenvalue weighted by Crippen LogP contribution is -2.23. The largest absolute Gasteiger partial charge is 0.494 e. The standard InChI is InChI=1S/C19H23BrN2O2/c1-22(2)17-9-5-15(6-10-17)14-21-19(23)4-3-13-24-18-11-7-16(20)8-12-18/h5-12H,3-4,13-14H2,1-2H3,(H,21,23). The lowest BCUT2D eigenvalue weighted by molar-refractivity contribution is -0.121. The molecule has 0 aliphatic rings. The molecule has 4 nitrogen and oxygen atoms in total. The van der Waals surface area contributed by atoms with E-state index in [1.54, 1.807) is 0 Å². The Labute approximate surface area is 151 Å². The number of anilines is 1. The van der Waals surface area contributed by atoms with Gasteiger partial charge in [-0.3, -0.25) is 4.79 Å². The molecule has 24 heavy (non-hydrogen) atoms. The minimum absolute atomic E-state index is 0.0473. The van der Waals surface area contributed by atoms with Crippen LogP contribution in [0.2, 0.25) is 0 Å². The molecule has 2 aromatic rings. The van der Waals surface area contributed by atoms with Gasteiger partial charge in [-0.25, -0.2) is 0 Å². The van der Waals surface area contributed by atoms with Crippen molar-refractivity contribution in [2.45, 2.75) is 19.4 Å². The fourth-order valence-electron chi connectivity index (χ4n) is 2.15. The van der Waals surface area contributed by atoms with Gasteiger partial charge in [-0.05, 0) is 48.4 Å². The van der Waals surface area contributed by atoms with Crippen LogP contribution in [0.3, 0.4) is 0 Å². The van der Waals surface area contributed by atoms with E-state index < -0.39 is 0 Å². The van der Waals surface area contributed by atoms with Crippen LogP contribution in [0, 0.1) is 0 Å². The van der Waals surface area contributed by atoms with Crippen LogP contribution in [-0.4, -0.2) is 26.6 Å². The Morgan fingerprint density at radius 2 is 1.75 bits per heavy atom. The topological polar surface area (TPSA) is 41.6 Å². The number of nitrogens with one attached hydrogen (secondary N) is 1. The molecular weight excluding hydrogens is 368 g/mol. The van der Waals surface area contributed by atoms with E-state index in [1.165, 1.54) is 0 Å². The van der Waals surface area contributed by atoms with Crippen molar-refractivity contribution in [2.75, 3.05) is 25.6 Å². The summed E-state index contributed by atoms with van der Waals surface area (Å²) < 4.78 is 6.63. The summed E-state index contributed by atoms with van der Waals surface area (Å²) in [6, 6.07) is 15.8. The maximum Gasteiger partial charge on any atom is 0.220 e. The molecule has 0 aromatic heterocycles. The number of carbonyl (C=O) groups is 1. The predicted molar refractivity (Wildman–Crippen MR) is 101 cm³/mol. The Kier molecular flexibility index (Phi) is 7.12. The Balaban J connectivity index is 1.63. The molecule has 128 valence electrons. The van der Waals surface area contributed by atoms with Gasteiger partial charge >= 0.3 is 0 Å². The Morgan fingerprint density at radius 3 is 2.38 bits per heavy atom. The monoisotopic (exact) mass is 390 g/mol. The highest BCUT2D eigenvalue weighted by Gasteiger charge is 2.03. The van der Waals surface area contributed by atoms with Crippen LogP contribution in [0.15, 0.2) is 53.0 Å². The van der Waals surface area contributed by atoms with Crippen LogP contribution in [0.1, 0.15) is 18.4 Å². The van der Waals surface area contributed by atoms with E-state index in [9.17, 15) is 4.79 Å². The predicted octanol–water partition coefficient (Wildman–Crippen LogP) is 3.99. The Hall–Kier alpha value is -2.01. The van der Waals surface area contributed by atoms with Gasteiger partial charge in [-0.2, -0.15) is 0 Å². The molecule has 0 saturated heterocycles. The second-order valence-corrected chi connectivity index (χ2v) is 6.66. The molecule has 0 radical (unpaired) electrons. The number of rotatable bonds is 8. The Bertz CT molecular complexity index is 639. The van der Waals surface area contributed by atoms with E-state index in [0.717, 1.165) is 21.5 Å². The molecule has 0 bridgehead atoms. The fourth-order valence-corrected chi connectivity index (χ4v) is 2.42. The van der Waals surface area contributed by atoms with Crippen molar-refractivity contribution in [3.8, 4) is 5.75 Å². The van der Waals surface area contributed by atoms with E-state index in [2.05, 4.69) is 21.2 Å². The molecule has 0 fully saturated rings. The maximum atomic E-state index is 11.9. The van der Waals surface area contributed by atoms with Crippen LogP contribution in [0.4, 0.5) is 5.69 Å². The van der Waals surface area contributed by atoms with Gasteiger partial charge in [-0.1, -0.05) is 28.1 Å².